The Bertz CT molecular complexity index is 939. The summed E-state index contributed by atoms with van der Waals surface area (Å²) in [5.41, 5.74) is 0.857. The van der Waals surface area contributed by atoms with Crippen LogP contribution in [0.2, 0.25) is 0 Å². The molecule has 3 heterocycles. The molecule has 1 aliphatic heterocycles. The summed E-state index contributed by atoms with van der Waals surface area (Å²) in [6, 6.07) is 9.38. The number of hydrogen-bond donors (Lipinski definition) is 0. The van der Waals surface area contributed by atoms with E-state index in [4.69, 9.17) is 13.8 Å². The first kappa shape index (κ1) is 19.3. The van der Waals surface area contributed by atoms with Crippen LogP contribution in [0, 0.1) is 6.92 Å². The summed E-state index contributed by atoms with van der Waals surface area (Å²) in [5, 5.41) is 7.87. The molecule has 2 aromatic heterocycles. The van der Waals surface area contributed by atoms with Crippen molar-refractivity contribution in [2.45, 2.75) is 45.3 Å². The van der Waals surface area contributed by atoms with Gasteiger partial charge >= 0.3 is 0 Å². The fourth-order valence-corrected chi connectivity index (χ4v) is 3.45. The van der Waals surface area contributed by atoms with Crippen LogP contribution < -0.4 is 0 Å². The molecule has 3 aromatic rings. The molecule has 0 saturated carbocycles. The number of benzene rings is 1. The van der Waals surface area contributed by atoms with Gasteiger partial charge in [0.05, 0.1) is 6.04 Å². The van der Waals surface area contributed by atoms with E-state index < -0.39 is 0 Å². The summed E-state index contributed by atoms with van der Waals surface area (Å²) >= 11 is 0. The number of aromatic nitrogens is 4. The van der Waals surface area contributed by atoms with E-state index in [1.165, 1.54) is 0 Å². The zero-order chi connectivity index (χ0) is 20.1. The quantitative estimate of drug-likeness (QED) is 0.624. The van der Waals surface area contributed by atoms with Crippen molar-refractivity contribution < 1.29 is 18.6 Å². The molecule has 152 valence electrons. The van der Waals surface area contributed by atoms with Crippen LogP contribution in [0.25, 0.3) is 11.5 Å². The Balaban J connectivity index is 1.44. The van der Waals surface area contributed by atoms with Gasteiger partial charge in [-0.25, -0.2) is 0 Å². The van der Waals surface area contributed by atoms with Crippen molar-refractivity contribution in [2.75, 3.05) is 13.2 Å². The second-order valence-electron chi connectivity index (χ2n) is 7.00. The first-order chi connectivity index (χ1) is 14.2. The SMILES string of the molecule is Cc1noc(COCC(=O)N2CCCCC[C@@H]2c2noc(-c3ccccc3)n2)n1. The number of ether oxygens (including phenoxy) is 1. The summed E-state index contributed by atoms with van der Waals surface area (Å²) in [6.45, 7) is 2.41. The third-order valence-corrected chi connectivity index (χ3v) is 4.85. The number of amides is 1. The van der Waals surface area contributed by atoms with E-state index in [0.717, 1.165) is 31.2 Å². The van der Waals surface area contributed by atoms with E-state index in [-0.39, 0.29) is 25.2 Å². The van der Waals surface area contributed by atoms with Crippen molar-refractivity contribution >= 4 is 5.91 Å². The largest absolute Gasteiger partial charge is 0.362 e. The van der Waals surface area contributed by atoms with Gasteiger partial charge < -0.3 is 18.7 Å². The number of likely N-dealkylation sites (tertiary alicyclic amines) is 1. The summed E-state index contributed by atoms with van der Waals surface area (Å²) in [6.07, 6.45) is 3.80. The lowest BCUT2D eigenvalue weighted by molar-refractivity contribution is -0.139. The Labute approximate surface area is 168 Å². The van der Waals surface area contributed by atoms with E-state index in [0.29, 0.717) is 30.0 Å². The van der Waals surface area contributed by atoms with Crippen LogP contribution in [0.15, 0.2) is 39.4 Å². The molecule has 0 N–H and O–H groups in total. The third-order valence-electron chi connectivity index (χ3n) is 4.85. The highest BCUT2D eigenvalue weighted by Crippen LogP contribution is 2.30. The minimum Gasteiger partial charge on any atom is -0.362 e. The monoisotopic (exact) mass is 397 g/mol. The maximum atomic E-state index is 12.9. The number of carbonyl (C=O) groups is 1. The fourth-order valence-electron chi connectivity index (χ4n) is 3.45. The molecule has 0 radical (unpaired) electrons. The van der Waals surface area contributed by atoms with Crippen molar-refractivity contribution in [3.05, 3.63) is 47.9 Å². The summed E-state index contributed by atoms with van der Waals surface area (Å²) in [4.78, 5) is 23.3. The highest BCUT2D eigenvalue weighted by atomic mass is 16.5. The topological polar surface area (TPSA) is 107 Å². The molecule has 1 saturated heterocycles. The van der Waals surface area contributed by atoms with Gasteiger partial charge in [-0.1, -0.05) is 41.4 Å². The van der Waals surface area contributed by atoms with Crippen LogP contribution in [0.5, 0.6) is 0 Å². The molecule has 0 unspecified atom stereocenters. The second kappa shape index (κ2) is 8.95. The van der Waals surface area contributed by atoms with Gasteiger partial charge in [-0.3, -0.25) is 4.79 Å². The molecular weight excluding hydrogens is 374 g/mol. The molecule has 1 aliphatic rings. The standard InChI is InChI=1S/C20H23N5O4/c1-14-21-17(28-23-14)12-27-13-18(26)25-11-7-3-6-10-16(25)19-22-20(29-24-19)15-8-4-2-5-9-15/h2,4-5,8-9,16H,3,6-7,10-13H2,1H3/t16-/m1/s1. The average Bonchev–Trinajstić information content (AvgIpc) is 3.31. The number of rotatable bonds is 6. The molecule has 0 spiro atoms. The minimum absolute atomic E-state index is 0.0681. The lowest BCUT2D eigenvalue weighted by Gasteiger charge is -2.27. The molecule has 1 atom stereocenters. The van der Waals surface area contributed by atoms with Crippen molar-refractivity contribution in [3.8, 4) is 11.5 Å². The predicted molar refractivity (Wildman–Crippen MR) is 101 cm³/mol. The predicted octanol–water partition coefficient (Wildman–Crippen LogP) is 3.09. The fraction of sp³-hybridized carbons (Fsp3) is 0.450. The maximum Gasteiger partial charge on any atom is 0.257 e. The summed E-state index contributed by atoms with van der Waals surface area (Å²) in [5.74, 6) is 1.77. The number of carbonyl (C=O) groups excluding carboxylic acids is 1. The Morgan fingerprint density at radius 1 is 1.14 bits per heavy atom. The summed E-state index contributed by atoms with van der Waals surface area (Å²) < 4.78 is 16.0. The molecule has 0 bridgehead atoms. The lowest BCUT2D eigenvalue weighted by Crippen LogP contribution is -2.37. The van der Waals surface area contributed by atoms with Crippen molar-refractivity contribution in [3.63, 3.8) is 0 Å². The Kier molecular flexibility index (Phi) is 5.95. The first-order valence-corrected chi connectivity index (χ1v) is 9.76. The number of hydrogen-bond acceptors (Lipinski definition) is 8. The smallest absolute Gasteiger partial charge is 0.257 e. The van der Waals surface area contributed by atoms with Crippen LogP contribution in [-0.2, 0) is 16.1 Å². The molecule has 1 amide bonds. The zero-order valence-electron chi connectivity index (χ0n) is 16.3. The van der Waals surface area contributed by atoms with E-state index in [2.05, 4.69) is 20.3 Å². The van der Waals surface area contributed by atoms with E-state index in [1.54, 1.807) is 11.8 Å². The lowest BCUT2D eigenvalue weighted by atomic mass is 10.1. The van der Waals surface area contributed by atoms with Gasteiger partial charge in [-0.05, 0) is 31.9 Å². The molecule has 0 aliphatic carbocycles. The molecule has 1 aromatic carbocycles. The second-order valence-corrected chi connectivity index (χ2v) is 7.00. The Morgan fingerprint density at radius 3 is 2.79 bits per heavy atom. The van der Waals surface area contributed by atoms with Crippen LogP contribution in [0.1, 0.15) is 49.3 Å². The maximum absolute atomic E-state index is 12.9. The van der Waals surface area contributed by atoms with E-state index in [9.17, 15) is 4.79 Å². The van der Waals surface area contributed by atoms with Gasteiger partial charge in [-0.2, -0.15) is 9.97 Å². The average molecular weight is 397 g/mol. The third kappa shape index (κ3) is 4.68. The van der Waals surface area contributed by atoms with Gasteiger partial charge in [-0.15, -0.1) is 0 Å². The Morgan fingerprint density at radius 2 is 2.00 bits per heavy atom. The zero-order valence-corrected chi connectivity index (χ0v) is 16.3. The number of nitrogens with zero attached hydrogens (tertiary/aromatic N) is 5. The van der Waals surface area contributed by atoms with Gasteiger partial charge in [0.25, 0.3) is 11.8 Å². The normalized spacial score (nSPS) is 17.3. The Hall–Kier alpha value is -3.07. The van der Waals surface area contributed by atoms with Gasteiger partial charge in [0.2, 0.25) is 5.91 Å². The molecular formula is C20H23N5O4. The highest BCUT2D eigenvalue weighted by Gasteiger charge is 2.30. The van der Waals surface area contributed by atoms with Gasteiger partial charge in [0, 0.05) is 12.1 Å². The van der Waals surface area contributed by atoms with E-state index >= 15 is 0 Å². The highest BCUT2D eigenvalue weighted by molar-refractivity contribution is 5.78. The first-order valence-electron chi connectivity index (χ1n) is 9.76. The molecule has 1 fully saturated rings. The molecule has 4 rings (SSSR count). The van der Waals surface area contributed by atoms with Crippen molar-refractivity contribution in [2.24, 2.45) is 0 Å². The van der Waals surface area contributed by atoms with Gasteiger partial charge in [0.15, 0.2) is 11.6 Å². The molecule has 9 heteroatoms. The molecule has 29 heavy (non-hydrogen) atoms. The van der Waals surface area contributed by atoms with Crippen LogP contribution in [0.4, 0.5) is 0 Å². The summed E-state index contributed by atoms with van der Waals surface area (Å²) in [7, 11) is 0. The van der Waals surface area contributed by atoms with E-state index in [1.807, 2.05) is 30.3 Å². The van der Waals surface area contributed by atoms with Crippen LogP contribution >= 0.6 is 0 Å². The minimum atomic E-state index is -0.222. The van der Waals surface area contributed by atoms with Gasteiger partial charge in [0.1, 0.15) is 13.2 Å². The van der Waals surface area contributed by atoms with Crippen molar-refractivity contribution in [1.82, 2.24) is 25.2 Å². The van der Waals surface area contributed by atoms with Crippen molar-refractivity contribution in [1.29, 1.82) is 0 Å². The van der Waals surface area contributed by atoms with Crippen LogP contribution in [0.3, 0.4) is 0 Å². The number of aryl methyl sites for hydroxylation is 1. The van der Waals surface area contributed by atoms with Crippen LogP contribution in [-0.4, -0.2) is 44.2 Å². The molecule has 9 nitrogen and oxygen atoms in total.